The third kappa shape index (κ3) is 2.36. The molecule has 0 spiro atoms. The van der Waals surface area contributed by atoms with E-state index in [1.807, 2.05) is 6.07 Å². The van der Waals surface area contributed by atoms with E-state index in [4.69, 9.17) is 5.84 Å². The summed E-state index contributed by atoms with van der Waals surface area (Å²) < 4.78 is 14.3. The van der Waals surface area contributed by atoms with E-state index >= 15 is 0 Å². The Morgan fingerprint density at radius 2 is 2.14 bits per heavy atom. The smallest absolute Gasteiger partial charge is 0.166 e. The van der Waals surface area contributed by atoms with Crippen LogP contribution in [0.4, 0.5) is 10.2 Å². The fourth-order valence-corrected chi connectivity index (χ4v) is 3.16. The van der Waals surface area contributed by atoms with Gasteiger partial charge in [-0.25, -0.2) is 20.2 Å². The van der Waals surface area contributed by atoms with Gasteiger partial charge in [0.2, 0.25) is 0 Å². The fourth-order valence-electron chi connectivity index (χ4n) is 2.20. The lowest BCUT2D eigenvalue weighted by atomic mass is 10.1. The van der Waals surface area contributed by atoms with E-state index in [2.05, 4.69) is 22.3 Å². The molecule has 0 atom stereocenters. The lowest BCUT2D eigenvalue weighted by molar-refractivity contribution is 0.621. The Labute approximate surface area is 125 Å². The topological polar surface area (TPSA) is 63.8 Å². The van der Waals surface area contributed by atoms with Crippen molar-refractivity contribution in [3.05, 3.63) is 40.5 Å². The standard InChI is InChI=1S/C15H15FN4S/c1-3-9-7-11-14(20-17)18-13(19-15(11)21-9)10-6-4-5-8(2)12(10)16/h4-7H,3,17H2,1-2H3,(H,18,19,20). The van der Waals surface area contributed by atoms with Gasteiger partial charge in [0.15, 0.2) is 11.6 Å². The number of benzene rings is 1. The molecule has 4 nitrogen and oxygen atoms in total. The lowest BCUT2D eigenvalue weighted by Gasteiger charge is -2.07. The number of nitrogen functional groups attached to an aromatic ring is 1. The van der Waals surface area contributed by atoms with Crippen LogP contribution in [0, 0.1) is 12.7 Å². The molecule has 0 fully saturated rings. The van der Waals surface area contributed by atoms with Crippen LogP contribution in [0.1, 0.15) is 17.4 Å². The van der Waals surface area contributed by atoms with Crippen LogP contribution in [0.15, 0.2) is 24.3 Å². The van der Waals surface area contributed by atoms with Gasteiger partial charge < -0.3 is 5.43 Å². The van der Waals surface area contributed by atoms with E-state index in [1.165, 1.54) is 4.88 Å². The first-order valence-corrected chi connectivity index (χ1v) is 7.48. The Morgan fingerprint density at radius 3 is 2.86 bits per heavy atom. The summed E-state index contributed by atoms with van der Waals surface area (Å²) >= 11 is 1.58. The van der Waals surface area contributed by atoms with Gasteiger partial charge in [-0.2, -0.15) is 0 Å². The Bertz CT molecular complexity index is 813. The molecule has 2 aromatic heterocycles. The maximum atomic E-state index is 14.3. The lowest BCUT2D eigenvalue weighted by Crippen LogP contribution is -2.10. The predicted molar refractivity (Wildman–Crippen MR) is 84.7 cm³/mol. The van der Waals surface area contributed by atoms with E-state index in [9.17, 15) is 4.39 Å². The summed E-state index contributed by atoms with van der Waals surface area (Å²) in [6.45, 7) is 3.80. The minimum absolute atomic E-state index is 0.299. The number of thiophene rings is 1. The van der Waals surface area contributed by atoms with Crippen LogP contribution in [0.25, 0.3) is 21.6 Å². The van der Waals surface area contributed by atoms with Gasteiger partial charge in [-0.1, -0.05) is 19.1 Å². The second kappa shape index (κ2) is 5.38. The largest absolute Gasteiger partial charge is 0.308 e. The first-order chi connectivity index (χ1) is 10.1. The molecule has 3 N–H and O–H groups in total. The van der Waals surface area contributed by atoms with Crippen LogP contribution in [0.2, 0.25) is 0 Å². The van der Waals surface area contributed by atoms with Gasteiger partial charge >= 0.3 is 0 Å². The number of fused-ring (bicyclic) bond motifs is 1. The molecule has 0 aliphatic carbocycles. The van der Waals surface area contributed by atoms with Crippen molar-refractivity contribution in [2.24, 2.45) is 5.84 Å². The molecule has 21 heavy (non-hydrogen) atoms. The van der Waals surface area contributed by atoms with Crippen molar-refractivity contribution in [3.8, 4) is 11.4 Å². The number of anilines is 1. The van der Waals surface area contributed by atoms with Gasteiger partial charge in [-0.3, -0.25) is 0 Å². The van der Waals surface area contributed by atoms with Crippen molar-refractivity contribution in [1.29, 1.82) is 0 Å². The van der Waals surface area contributed by atoms with Crippen molar-refractivity contribution in [2.75, 3.05) is 5.43 Å². The molecular formula is C15H15FN4S. The second-order valence-corrected chi connectivity index (χ2v) is 5.88. The first-order valence-electron chi connectivity index (χ1n) is 6.66. The highest BCUT2D eigenvalue weighted by Crippen LogP contribution is 2.32. The minimum atomic E-state index is -0.299. The summed E-state index contributed by atoms with van der Waals surface area (Å²) in [6.07, 6.45) is 0.916. The van der Waals surface area contributed by atoms with Gasteiger partial charge in [-0.15, -0.1) is 11.3 Å². The Kier molecular flexibility index (Phi) is 3.57. The number of hydrazine groups is 1. The number of hydrogen-bond acceptors (Lipinski definition) is 5. The third-order valence-electron chi connectivity index (χ3n) is 3.36. The van der Waals surface area contributed by atoms with Gasteiger partial charge in [-0.05, 0) is 31.0 Å². The Balaban J connectivity index is 2.26. The van der Waals surface area contributed by atoms with E-state index in [0.717, 1.165) is 16.6 Å². The summed E-state index contributed by atoms with van der Waals surface area (Å²) in [5.41, 5.74) is 3.54. The molecule has 0 radical (unpaired) electrons. The highest BCUT2D eigenvalue weighted by molar-refractivity contribution is 7.18. The SMILES string of the molecule is CCc1cc2c(NN)nc(-c3cccc(C)c3F)nc2s1. The van der Waals surface area contributed by atoms with E-state index in [-0.39, 0.29) is 5.82 Å². The molecule has 0 saturated heterocycles. The zero-order valence-electron chi connectivity index (χ0n) is 11.8. The highest BCUT2D eigenvalue weighted by atomic mass is 32.1. The molecule has 0 amide bonds. The molecule has 0 aliphatic rings. The third-order valence-corrected chi connectivity index (χ3v) is 4.53. The molecule has 108 valence electrons. The van der Waals surface area contributed by atoms with Crippen molar-refractivity contribution >= 4 is 27.4 Å². The number of hydrogen-bond donors (Lipinski definition) is 2. The van der Waals surface area contributed by atoms with Crippen molar-refractivity contribution in [1.82, 2.24) is 9.97 Å². The summed E-state index contributed by atoms with van der Waals surface area (Å²) in [5.74, 6) is 6.12. The maximum absolute atomic E-state index is 14.3. The minimum Gasteiger partial charge on any atom is -0.308 e. The molecule has 0 aliphatic heterocycles. The second-order valence-electron chi connectivity index (χ2n) is 4.76. The van der Waals surface area contributed by atoms with Crippen LogP contribution in [0.3, 0.4) is 0 Å². The van der Waals surface area contributed by atoms with E-state index < -0.39 is 0 Å². The first kappa shape index (κ1) is 13.9. The van der Waals surface area contributed by atoms with Crippen LogP contribution >= 0.6 is 11.3 Å². The van der Waals surface area contributed by atoms with Gasteiger partial charge in [0.25, 0.3) is 0 Å². The summed E-state index contributed by atoms with van der Waals surface area (Å²) in [5, 5.41) is 0.871. The quantitative estimate of drug-likeness (QED) is 0.572. The van der Waals surface area contributed by atoms with Gasteiger partial charge in [0.1, 0.15) is 10.6 Å². The molecule has 6 heteroatoms. The number of nitrogens with two attached hydrogens (primary N) is 1. The van der Waals surface area contributed by atoms with Crippen LogP contribution in [-0.2, 0) is 6.42 Å². The average molecular weight is 302 g/mol. The zero-order chi connectivity index (χ0) is 15.0. The zero-order valence-corrected chi connectivity index (χ0v) is 12.6. The summed E-state index contributed by atoms with van der Waals surface area (Å²) in [4.78, 5) is 10.9. The van der Waals surface area contributed by atoms with E-state index in [0.29, 0.717) is 22.8 Å². The molecule has 3 aromatic rings. The maximum Gasteiger partial charge on any atom is 0.166 e. The monoisotopic (exact) mass is 302 g/mol. The molecule has 2 heterocycles. The molecule has 0 bridgehead atoms. The van der Waals surface area contributed by atoms with Crippen molar-refractivity contribution < 1.29 is 4.39 Å². The van der Waals surface area contributed by atoms with Crippen LogP contribution in [0.5, 0.6) is 0 Å². The number of nitrogens with one attached hydrogen (secondary N) is 1. The van der Waals surface area contributed by atoms with Crippen molar-refractivity contribution in [2.45, 2.75) is 20.3 Å². The normalized spacial score (nSPS) is 11.0. The molecule has 3 rings (SSSR count). The summed E-state index contributed by atoms with van der Waals surface area (Å²) in [6, 6.07) is 7.21. The number of nitrogens with zero attached hydrogens (tertiary/aromatic N) is 2. The number of rotatable bonds is 3. The van der Waals surface area contributed by atoms with Crippen LogP contribution in [-0.4, -0.2) is 9.97 Å². The van der Waals surface area contributed by atoms with Crippen LogP contribution < -0.4 is 11.3 Å². The fraction of sp³-hybridized carbons (Fsp3) is 0.200. The number of aryl methyl sites for hydroxylation is 2. The number of halogens is 1. The van der Waals surface area contributed by atoms with Crippen molar-refractivity contribution in [3.63, 3.8) is 0 Å². The molecule has 0 unspecified atom stereocenters. The van der Waals surface area contributed by atoms with Gasteiger partial charge in [0.05, 0.1) is 10.9 Å². The highest BCUT2D eigenvalue weighted by Gasteiger charge is 2.15. The van der Waals surface area contributed by atoms with Gasteiger partial charge in [0, 0.05) is 4.88 Å². The predicted octanol–water partition coefficient (Wildman–Crippen LogP) is 3.65. The summed E-state index contributed by atoms with van der Waals surface area (Å²) in [7, 11) is 0. The average Bonchev–Trinajstić information content (AvgIpc) is 2.92. The number of aromatic nitrogens is 2. The molecular weight excluding hydrogens is 287 g/mol. The van der Waals surface area contributed by atoms with E-state index in [1.54, 1.807) is 36.5 Å². The Morgan fingerprint density at radius 1 is 1.33 bits per heavy atom. The Hall–Kier alpha value is -2.05. The molecule has 0 saturated carbocycles. The molecule has 1 aromatic carbocycles.